The van der Waals surface area contributed by atoms with E-state index in [1.807, 2.05) is 0 Å². The molecule has 0 unspecified atom stereocenters. The van der Waals surface area contributed by atoms with E-state index in [9.17, 15) is 18.8 Å². The van der Waals surface area contributed by atoms with Gasteiger partial charge in [0.1, 0.15) is 5.82 Å². The van der Waals surface area contributed by atoms with Gasteiger partial charge in [0, 0.05) is 15.2 Å². The molecule has 1 heterocycles. The van der Waals surface area contributed by atoms with Gasteiger partial charge in [-0.3, -0.25) is 19.3 Å². The summed E-state index contributed by atoms with van der Waals surface area (Å²) in [6.07, 6.45) is 1.55. The predicted molar refractivity (Wildman–Crippen MR) is 149 cm³/mol. The zero-order chi connectivity index (χ0) is 27.4. The molecule has 1 aliphatic rings. The molecule has 1 aliphatic heterocycles. The van der Waals surface area contributed by atoms with E-state index in [4.69, 9.17) is 32.7 Å². The van der Waals surface area contributed by atoms with Crippen LogP contribution in [0.25, 0.3) is 6.08 Å². The fourth-order valence-electron chi connectivity index (χ4n) is 3.42. The molecular weight excluding hydrogens is 622 g/mol. The quantitative estimate of drug-likeness (QED) is 0.263. The Balaban J connectivity index is 1.42. The average molecular weight is 640 g/mol. The first-order valence-electron chi connectivity index (χ1n) is 10.9. The Labute approximate surface area is 240 Å². The highest BCUT2D eigenvalue weighted by atomic mass is 79.9. The summed E-state index contributed by atoms with van der Waals surface area (Å²) in [6.45, 7) is -0.361. The van der Waals surface area contributed by atoms with Crippen molar-refractivity contribution >= 4 is 79.7 Å². The highest BCUT2D eigenvalue weighted by molar-refractivity contribution is 9.10. The van der Waals surface area contributed by atoms with Crippen LogP contribution < -0.4 is 14.8 Å². The molecule has 1 fully saturated rings. The Kier molecular flexibility index (Phi) is 8.99. The van der Waals surface area contributed by atoms with Crippen LogP contribution >= 0.6 is 50.9 Å². The number of thioether (sulfide) groups is 1. The number of hydrogen-bond donors (Lipinski definition) is 1. The smallest absolute Gasteiger partial charge is 0.293 e. The monoisotopic (exact) mass is 638 g/mol. The maximum Gasteiger partial charge on any atom is 0.293 e. The molecule has 38 heavy (non-hydrogen) atoms. The molecule has 0 radical (unpaired) electrons. The van der Waals surface area contributed by atoms with Crippen molar-refractivity contribution in [1.29, 1.82) is 0 Å². The molecule has 0 bridgehead atoms. The minimum absolute atomic E-state index is 0.0776. The van der Waals surface area contributed by atoms with Gasteiger partial charge < -0.3 is 14.8 Å². The van der Waals surface area contributed by atoms with Gasteiger partial charge in [0.25, 0.3) is 17.1 Å². The highest BCUT2D eigenvalue weighted by Gasteiger charge is 2.35. The summed E-state index contributed by atoms with van der Waals surface area (Å²) in [6, 6.07) is 13.7. The molecule has 1 saturated heterocycles. The molecule has 1 N–H and O–H groups in total. The van der Waals surface area contributed by atoms with E-state index < -0.39 is 22.9 Å². The first-order chi connectivity index (χ1) is 18.1. The van der Waals surface area contributed by atoms with Crippen LogP contribution in [-0.2, 0) is 16.1 Å². The van der Waals surface area contributed by atoms with E-state index in [2.05, 4.69) is 21.2 Å². The number of benzene rings is 3. The summed E-state index contributed by atoms with van der Waals surface area (Å²) in [4.78, 5) is 38.9. The van der Waals surface area contributed by atoms with Gasteiger partial charge >= 0.3 is 0 Å². The van der Waals surface area contributed by atoms with Crippen LogP contribution in [0.2, 0.25) is 10.0 Å². The number of imide groups is 1. The van der Waals surface area contributed by atoms with Crippen LogP contribution in [0.3, 0.4) is 0 Å². The average Bonchev–Trinajstić information content (AvgIpc) is 3.14. The Bertz CT molecular complexity index is 1470. The Morgan fingerprint density at radius 1 is 1.08 bits per heavy atom. The van der Waals surface area contributed by atoms with Crippen LogP contribution in [0.1, 0.15) is 11.1 Å². The normalized spacial score (nSPS) is 14.2. The third-order valence-corrected chi connectivity index (χ3v) is 7.76. The minimum atomic E-state index is -0.510. The number of halogens is 4. The number of anilines is 1. The van der Waals surface area contributed by atoms with Crippen molar-refractivity contribution in [3.63, 3.8) is 0 Å². The van der Waals surface area contributed by atoms with E-state index in [0.717, 1.165) is 22.7 Å². The number of hydrogen-bond acceptors (Lipinski definition) is 6. The van der Waals surface area contributed by atoms with Gasteiger partial charge in [0.15, 0.2) is 18.1 Å². The van der Waals surface area contributed by atoms with Gasteiger partial charge in [-0.25, -0.2) is 4.39 Å². The number of nitrogens with one attached hydrogen (secondary N) is 1. The third kappa shape index (κ3) is 6.68. The van der Waals surface area contributed by atoms with E-state index in [1.165, 1.54) is 19.2 Å². The lowest BCUT2D eigenvalue weighted by molar-refractivity contribution is -0.123. The second-order valence-electron chi connectivity index (χ2n) is 7.88. The Hall–Kier alpha value is -3.05. The van der Waals surface area contributed by atoms with Crippen molar-refractivity contribution in [2.45, 2.75) is 6.54 Å². The molecule has 4 rings (SSSR count). The van der Waals surface area contributed by atoms with Crippen molar-refractivity contribution in [2.24, 2.45) is 0 Å². The summed E-state index contributed by atoms with van der Waals surface area (Å²) in [5, 5.41) is 2.81. The zero-order valence-corrected chi connectivity index (χ0v) is 23.5. The lowest BCUT2D eigenvalue weighted by atomic mass is 10.1. The van der Waals surface area contributed by atoms with Crippen molar-refractivity contribution in [3.8, 4) is 11.5 Å². The highest BCUT2D eigenvalue weighted by Crippen LogP contribution is 2.36. The van der Waals surface area contributed by atoms with E-state index in [-0.39, 0.29) is 23.1 Å². The SMILES string of the molecule is COc1cc(/C=C2\SC(=O)N(Cc3ccc(F)cc3Cl)C2=O)ccc1OCC(=O)Nc1ccc(Br)c(Cl)c1. The molecule has 196 valence electrons. The van der Waals surface area contributed by atoms with Gasteiger partial charge in [-0.2, -0.15) is 0 Å². The topological polar surface area (TPSA) is 84.9 Å². The molecule has 0 spiro atoms. The molecule has 0 saturated carbocycles. The fraction of sp³-hybridized carbons (Fsp3) is 0.115. The van der Waals surface area contributed by atoms with Gasteiger partial charge in [-0.15, -0.1) is 0 Å². The third-order valence-electron chi connectivity index (χ3n) is 5.26. The van der Waals surface area contributed by atoms with Crippen LogP contribution in [-0.4, -0.2) is 35.7 Å². The van der Waals surface area contributed by atoms with Crippen LogP contribution in [0.5, 0.6) is 11.5 Å². The molecule has 12 heteroatoms. The summed E-state index contributed by atoms with van der Waals surface area (Å²) in [5.41, 5.74) is 1.55. The van der Waals surface area contributed by atoms with Crippen LogP contribution in [0, 0.1) is 5.82 Å². The molecule has 0 aliphatic carbocycles. The minimum Gasteiger partial charge on any atom is -0.493 e. The molecule has 3 aromatic rings. The van der Waals surface area contributed by atoms with Crippen molar-refractivity contribution in [3.05, 3.63) is 91.0 Å². The van der Waals surface area contributed by atoms with E-state index in [0.29, 0.717) is 37.8 Å². The molecule has 3 aromatic carbocycles. The lowest BCUT2D eigenvalue weighted by Crippen LogP contribution is -2.27. The Morgan fingerprint density at radius 2 is 1.87 bits per heavy atom. The predicted octanol–water partition coefficient (Wildman–Crippen LogP) is 7.16. The number of amides is 3. The number of carbonyl (C=O) groups is 3. The first-order valence-corrected chi connectivity index (χ1v) is 13.3. The lowest BCUT2D eigenvalue weighted by Gasteiger charge is -2.13. The first kappa shape index (κ1) is 28.0. The van der Waals surface area contributed by atoms with Crippen molar-refractivity contribution < 1.29 is 28.2 Å². The number of ether oxygens (including phenoxy) is 2. The molecule has 0 atom stereocenters. The number of rotatable bonds is 8. The second-order valence-corrected chi connectivity index (χ2v) is 10.5. The van der Waals surface area contributed by atoms with Gasteiger partial charge in [0.05, 0.1) is 23.6 Å². The number of methoxy groups -OCH3 is 1. The molecule has 7 nitrogen and oxygen atoms in total. The number of nitrogens with zero attached hydrogens (tertiary/aromatic N) is 1. The van der Waals surface area contributed by atoms with Crippen molar-refractivity contribution in [1.82, 2.24) is 4.90 Å². The van der Waals surface area contributed by atoms with Gasteiger partial charge in [-0.05, 0) is 87.4 Å². The standard InChI is InChI=1S/C26H18BrCl2FN2O5S/c1-36-22-8-14(2-7-21(22)37-13-24(33)31-17-5-6-18(27)20(29)11-17)9-23-25(34)32(26(35)38-23)12-15-3-4-16(30)10-19(15)28/h2-11H,12-13H2,1H3,(H,31,33)/b23-9-. The van der Waals surface area contributed by atoms with Crippen LogP contribution in [0.15, 0.2) is 64.0 Å². The number of carbonyl (C=O) groups excluding carboxylic acids is 3. The Morgan fingerprint density at radius 3 is 2.58 bits per heavy atom. The van der Waals surface area contributed by atoms with Crippen LogP contribution in [0.4, 0.5) is 14.9 Å². The molecular formula is C26H18BrCl2FN2O5S. The zero-order valence-electron chi connectivity index (χ0n) is 19.6. The van der Waals surface area contributed by atoms with Gasteiger partial charge in [0.2, 0.25) is 0 Å². The van der Waals surface area contributed by atoms with Crippen molar-refractivity contribution in [2.75, 3.05) is 19.0 Å². The van der Waals surface area contributed by atoms with E-state index >= 15 is 0 Å². The maximum absolute atomic E-state index is 13.3. The summed E-state index contributed by atoms with van der Waals surface area (Å²) in [7, 11) is 1.44. The maximum atomic E-state index is 13.3. The fourth-order valence-corrected chi connectivity index (χ4v) is 4.91. The molecule has 3 amide bonds. The van der Waals surface area contributed by atoms with Gasteiger partial charge in [-0.1, -0.05) is 35.3 Å². The summed E-state index contributed by atoms with van der Waals surface area (Å²) in [5.74, 6) is -0.763. The second kappa shape index (κ2) is 12.2. The largest absolute Gasteiger partial charge is 0.493 e. The summed E-state index contributed by atoms with van der Waals surface area (Å²) >= 11 is 16.2. The van der Waals surface area contributed by atoms with E-state index in [1.54, 1.807) is 42.5 Å². The summed E-state index contributed by atoms with van der Waals surface area (Å²) < 4.78 is 25.0. The molecule has 0 aromatic heterocycles.